The van der Waals surface area contributed by atoms with Crippen LogP contribution in [0.5, 0.6) is 0 Å². The normalized spacial score (nSPS) is 10.8. The molecule has 6 nitrogen and oxygen atoms in total. The zero-order valence-electron chi connectivity index (χ0n) is 13.7. The number of hydrogen-bond acceptors (Lipinski definition) is 3. The molecule has 24 heavy (non-hydrogen) atoms. The summed E-state index contributed by atoms with van der Waals surface area (Å²) in [7, 11) is 1.67. The highest BCUT2D eigenvalue weighted by atomic mass is 16.5. The van der Waals surface area contributed by atoms with Crippen molar-refractivity contribution in [3.63, 3.8) is 0 Å². The minimum absolute atomic E-state index is 0.317. The molecule has 2 amide bonds. The third-order valence-corrected chi connectivity index (χ3v) is 3.73. The first kappa shape index (κ1) is 16.0. The molecule has 2 aromatic heterocycles. The fraction of sp³-hybridized carbons (Fsp3) is 0.222. The van der Waals surface area contributed by atoms with Gasteiger partial charge in [-0.05, 0) is 30.7 Å². The summed E-state index contributed by atoms with van der Waals surface area (Å²) in [5, 5.41) is 6.64. The lowest BCUT2D eigenvalue weighted by atomic mass is 10.2. The van der Waals surface area contributed by atoms with Crippen LogP contribution in [-0.2, 0) is 11.3 Å². The van der Waals surface area contributed by atoms with Crippen molar-refractivity contribution in [2.75, 3.05) is 24.4 Å². The van der Waals surface area contributed by atoms with Crippen molar-refractivity contribution < 1.29 is 9.53 Å². The van der Waals surface area contributed by atoms with Gasteiger partial charge in [0.2, 0.25) is 0 Å². The Labute approximate surface area is 140 Å². The molecule has 0 spiro atoms. The molecule has 0 saturated carbocycles. The van der Waals surface area contributed by atoms with Crippen molar-refractivity contribution in [2.24, 2.45) is 0 Å². The van der Waals surface area contributed by atoms with Crippen LogP contribution in [0.15, 0.2) is 48.8 Å². The second-order valence-corrected chi connectivity index (χ2v) is 5.54. The lowest BCUT2D eigenvalue weighted by Gasteiger charge is -2.06. The van der Waals surface area contributed by atoms with E-state index >= 15 is 0 Å². The smallest absolute Gasteiger partial charge is 0.324 e. The molecular formula is C18H20N4O2. The molecule has 6 heteroatoms. The molecule has 0 atom stereocenters. The highest BCUT2D eigenvalue weighted by Gasteiger charge is 2.11. The van der Waals surface area contributed by atoms with Crippen LogP contribution in [0.1, 0.15) is 5.56 Å². The maximum atomic E-state index is 12.3. The Hall–Kier alpha value is -2.86. The predicted octanol–water partition coefficient (Wildman–Crippen LogP) is 3.64. The van der Waals surface area contributed by atoms with Crippen LogP contribution in [0.4, 0.5) is 16.3 Å². The molecule has 0 aliphatic carbocycles. The third-order valence-electron chi connectivity index (χ3n) is 3.73. The maximum Gasteiger partial charge on any atom is 0.324 e. The van der Waals surface area contributed by atoms with Crippen molar-refractivity contribution in [1.29, 1.82) is 0 Å². The van der Waals surface area contributed by atoms with Gasteiger partial charge in [-0.15, -0.1) is 0 Å². The molecule has 0 unspecified atom stereocenters. The number of carbonyl (C=O) groups is 1. The Bertz CT molecular complexity index is 857. The number of ether oxygens (including phenoxy) is 1. The summed E-state index contributed by atoms with van der Waals surface area (Å²) in [4.78, 5) is 16.4. The average Bonchev–Trinajstić information content (AvgIpc) is 2.91. The number of amides is 2. The molecule has 1 aromatic carbocycles. The van der Waals surface area contributed by atoms with Crippen molar-refractivity contribution in [3.8, 4) is 0 Å². The summed E-state index contributed by atoms with van der Waals surface area (Å²) >= 11 is 0. The highest BCUT2D eigenvalue weighted by molar-refractivity contribution is 6.05. The number of aromatic nitrogens is 2. The van der Waals surface area contributed by atoms with E-state index in [-0.39, 0.29) is 6.03 Å². The van der Waals surface area contributed by atoms with E-state index in [1.165, 1.54) is 0 Å². The molecule has 0 bridgehead atoms. The van der Waals surface area contributed by atoms with Crippen LogP contribution in [0.25, 0.3) is 10.9 Å². The number of benzene rings is 1. The Morgan fingerprint density at radius 2 is 2.08 bits per heavy atom. The lowest BCUT2D eigenvalue weighted by Crippen LogP contribution is -2.20. The zero-order chi connectivity index (χ0) is 16.9. The first-order valence-corrected chi connectivity index (χ1v) is 7.75. The van der Waals surface area contributed by atoms with Crippen LogP contribution < -0.4 is 10.6 Å². The summed E-state index contributed by atoms with van der Waals surface area (Å²) in [6, 6.07) is 11.3. The number of hydrogen-bond donors (Lipinski definition) is 2. The Kier molecular flexibility index (Phi) is 4.77. The lowest BCUT2D eigenvalue weighted by molar-refractivity contribution is 0.188. The number of methoxy groups -OCH3 is 1. The number of fused-ring (bicyclic) bond motifs is 1. The van der Waals surface area contributed by atoms with Crippen LogP contribution >= 0.6 is 0 Å². The number of pyridine rings is 1. The van der Waals surface area contributed by atoms with Gasteiger partial charge in [0.1, 0.15) is 5.82 Å². The summed E-state index contributed by atoms with van der Waals surface area (Å²) in [6.45, 7) is 3.28. The molecule has 2 N–H and O–H groups in total. The summed E-state index contributed by atoms with van der Waals surface area (Å²) < 4.78 is 7.22. The minimum atomic E-state index is -0.317. The van der Waals surface area contributed by atoms with Crippen molar-refractivity contribution >= 4 is 28.4 Å². The van der Waals surface area contributed by atoms with Crippen LogP contribution in [-0.4, -0.2) is 29.3 Å². The van der Waals surface area contributed by atoms with Crippen LogP contribution in [0.2, 0.25) is 0 Å². The molecule has 124 valence electrons. The number of nitrogens with zero attached hydrogens (tertiary/aromatic N) is 2. The minimum Gasteiger partial charge on any atom is -0.383 e. The molecule has 0 fully saturated rings. The first-order valence-electron chi connectivity index (χ1n) is 7.75. The van der Waals surface area contributed by atoms with Gasteiger partial charge in [-0.25, -0.2) is 9.78 Å². The van der Waals surface area contributed by atoms with E-state index in [0.29, 0.717) is 12.4 Å². The van der Waals surface area contributed by atoms with Gasteiger partial charge in [-0.1, -0.05) is 18.2 Å². The first-order chi connectivity index (χ1) is 11.7. The van der Waals surface area contributed by atoms with Crippen molar-refractivity contribution in [3.05, 3.63) is 54.4 Å². The summed E-state index contributed by atoms with van der Waals surface area (Å²) in [5.41, 5.74) is 2.85. The second kappa shape index (κ2) is 7.14. The SMILES string of the molecule is COCCn1cc(NC(=O)Nc2cc(C)ccn2)c2ccccc21. The number of rotatable bonds is 5. The van der Waals surface area contributed by atoms with Gasteiger partial charge in [-0.3, -0.25) is 5.32 Å². The number of para-hydroxylation sites is 1. The number of aryl methyl sites for hydroxylation is 1. The molecular weight excluding hydrogens is 304 g/mol. The zero-order valence-corrected chi connectivity index (χ0v) is 13.7. The van der Waals surface area contributed by atoms with Gasteiger partial charge >= 0.3 is 6.03 Å². The van der Waals surface area contributed by atoms with E-state index < -0.39 is 0 Å². The number of urea groups is 1. The molecule has 0 aliphatic heterocycles. The Morgan fingerprint density at radius 3 is 2.88 bits per heavy atom. The van der Waals surface area contributed by atoms with Gasteiger partial charge in [0.15, 0.2) is 0 Å². The van der Waals surface area contributed by atoms with Crippen LogP contribution in [0.3, 0.4) is 0 Å². The van der Waals surface area contributed by atoms with E-state index in [1.807, 2.05) is 49.5 Å². The number of carbonyl (C=O) groups excluding carboxylic acids is 1. The van der Waals surface area contributed by atoms with Gasteiger partial charge in [0, 0.05) is 31.4 Å². The van der Waals surface area contributed by atoms with Crippen LogP contribution in [0, 0.1) is 6.92 Å². The monoisotopic (exact) mass is 324 g/mol. The molecule has 0 radical (unpaired) electrons. The summed E-state index contributed by atoms with van der Waals surface area (Å²) in [5.74, 6) is 0.524. The van der Waals surface area contributed by atoms with Gasteiger partial charge < -0.3 is 14.6 Å². The van der Waals surface area contributed by atoms with E-state index in [2.05, 4.69) is 20.2 Å². The topological polar surface area (TPSA) is 68.2 Å². The second-order valence-electron chi connectivity index (χ2n) is 5.54. The molecule has 2 heterocycles. The Balaban J connectivity index is 1.80. The maximum absolute atomic E-state index is 12.3. The van der Waals surface area contributed by atoms with Crippen molar-refractivity contribution in [1.82, 2.24) is 9.55 Å². The number of anilines is 2. The number of nitrogens with one attached hydrogen (secondary N) is 2. The largest absolute Gasteiger partial charge is 0.383 e. The van der Waals surface area contributed by atoms with Gasteiger partial charge in [0.25, 0.3) is 0 Å². The predicted molar refractivity (Wildman–Crippen MR) is 95.4 cm³/mol. The standard InChI is InChI=1S/C18H20N4O2/c1-13-7-8-19-17(11-13)21-18(23)20-15-12-22(9-10-24-2)16-6-4-3-5-14(15)16/h3-8,11-12H,9-10H2,1-2H3,(H2,19,20,21,23). The molecule has 3 aromatic rings. The Morgan fingerprint density at radius 1 is 1.25 bits per heavy atom. The van der Waals surface area contributed by atoms with Gasteiger partial charge in [0.05, 0.1) is 17.8 Å². The van der Waals surface area contributed by atoms with E-state index in [1.54, 1.807) is 13.3 Å². The van der Waals surface area contributed by atoms with Crippen molar-refractivity contribution in [2.45, 2.75) is 13.5 Å². The molecule has 3 rings (SSSR count). The quantitative estimate of drug-likeness (QED) is 0.753. The third kappa shape index (κ3) is 3.55. The van der Waals surface area contributed by atoms with E-state index in [4.69, 9.17) is 4.74 Å². The molecule has 0 saturated heterocycles. The summed E-state index contributed by atoms with van der Waals surface area (Å²) in [6.07, 6.45) is 3.59. The average molecular weight is 324 g/mol. The van der Waals surface area contributed by atoms with Gasteiger partial charge in [-0.2, -0.15) is 0 Å². The van der Waals surface area contributed by atoms with E-state index in [0.717, 1.165) is 28.7 Å². The fourth-order valence-electron chi connectivity index (χ4n) is 2.60. The van der Waals surface area contributed by atoms with E-state index in [9.17, 15) is 4.79 Å². The molecule has 0 aliphatic rings. The fourth-order valence-corrected chi connectivity index (χ4v) is 2.60. The highest BCUT2D eigenvalue weighted by Crippen LogP contribution is 2.26.